The highest BCUT2D eigenvalue weighted by molar-refractivity contribution is 7.80. The summed E-state index contributed by atoms with van der Waals surface area (Å²) in [5, 5.41) is 4.71. The molecule has 4 rings (SSSR count). The third kappa shape index (κ3) is 3.23. The van der Waals surface area contributed by atoms with Crippen LogP contribution in [0, 0.1) is 0 Å². The fraction of sp³-hybridized carbons (Fsp3) is 0.632. The standard InChI is InChI=1S/C19H27N5OS2/c1-12(2)24-17(25)15-13-6-4-5-7-14(13)27-16(15)21-18(24)22-8-10-23(11-9-22)19(26)20-3/h12H,4-11H2,1-3H3,(H,20,26). The van der Waals surface area contributed by atoms with E-state index in [1.807, 2.05) is 11.6 Å². The summed E-state index contributed by atoms with van der Waals surface area (Å²) in [4.78, 5) is 25.2. The molecule has 0 amide bonds. The third-order valence-electron chi connectivity index (χ3n) is 5.58. The quantitative estimate of drug-likeness (QED) is 0.775. The largest absolute Gasteiger partial charge is 0.366 e. The monoisotopic (exact) mass is 405 g/mol. The second-order valence-electron chi connectivity index (χ2n) is 7.60. The number of nitrogens with zero attached hydrogens (tertiary/aromatic N) is 4. The number of thiophene rings is 1. The van der Waals surface area contributed by atoms with Crippen LogP contribution in [0.1, 0.15) is 43.2 Å². The Balaban J connectivity index is 1.76. The maximum Gasteiger partial charge on any atom is 0.264 e. The van der Waals surface area contributed by atoms with Gasteiger partial charge in [0, 0.05) is 44.1 Å². The molecule has 6 nitrogen and oxygen atoms in total. The molecule has 1 N–H and O–H groups in total. The van der Waals surface area contributed by atoms with E-state index >= 15 is 0 Å². The normalized spacial score (nSPS) is 17.5. The number of anilines is 1. The van der Waals surface area contributed by atoms with Gasteiger partial charge >= 0.3 is 0 Å². The lowest BCUT2D eigenvalue weighted by molar-refractivity contribution is 0.375. The summed E-state index contributed by atoms with van der Waals surface area (Å²) < 4.78 is 1.90. The summed E-state index contributed by atoms with van der Waals surface area (Å²) >= 11 is 7.09. The van der Waals surface area contributed by atoms with E-state index in [4.69, 9.17) is 17.2 Å². The molecule has 2 aromatic rings. The lowest BCUT2D eigenvalue weighted by atomic mass is 9.97. The molecule has 1 aliphatic carbocycles. The fourth-order valence-electron chi connectivity index (χ4n) is 4.16. The Labute approximate surface area is 169 Å². The maximum absolute atomic E-state index is 13.4. The fourth-order valence-corrected chi connectivity index (χ4v) is 5.59. The van der Waals surface area contributed by atoms with Crippen molar-refractivity contribution in [1.82, 2.24) is 19.8 Å². The summed E-state index contributed by atoms with van der Waals surface area (Å²) in [6, 6.07) is 0.0833. The van der Waals surface area contributed by atoms with Crippen molar-refractivity contribution < 1.29 is 0 Å². The molecular weight excluding hydrogens is 378 g/mol. The van der Waals surface area contributed by atoms with Gasteiger partial charge in [0.05, 0.1) is 5.39 Å². The zero-order valence-electron chi connectivity index (χ0n) is 16.2. The predicted molar refractivity (Wildman–Crippen MR) is 116 cm³/mol. The minimum Gasteiger partial charge on any atom is -0.366 e. The number of piperazine rings is 1. The van der Waals surface area contributed by atoms with Crippen molar-refractivity contribution in [3.63, 3.8) is 0 Å². The molecule has 0 radical (unpaired) electrons. The first-order valence-corrected chi connectivity index (χ1v) is 11.0. The van der Waals surface area contributed by atoms with E-state index in [0.29, 0.717) is 0 Å². The van der Waals surface area contributed by atoms with Gasteiger partial charge in [-0.25, -0.2) is 4.98 Å². The number of thiocarbonyl (C=S) groups is 1. The van der Waals surface area contributed by atoms with Crippen molar-refractivity contribution >= 4 is 44.8 Å². The SMILES string of the molecule is CNC(=S)N1CCN(c2nc3sc4c(c3c(=O)n2C(C)C)CCCC4)CC1. The Bertz CT molecular complexity index is 924. The van der Waals surface area contributed by atoms with Crippen molar-refractivity contribution in [3.8, 4) is 0 Å². The highest BCUT2D eigenvalue weighted by Gasteiger charge is 2.27. The number of fused-ring (bicyclic) bond motifs is 3. The molecule has 1 fully saturated rings. The van der Waals surface area contributed by atoms with Gasteiger partial charge in [0.1, 0.15) is 4.83 Å². The molecule has 2 aliphatic rings. The first kappa shape index (κ1) is 18.7. The van der Waals surface area contributed by atoms with Crippen LogP contribution < -0.4 is 15.8 Å². The summed E-state index contributed by atoms with van der Waals surface area (Å²) in [7, 11) is 1.86. The molecule has 0 spiro atoms. The van der Waals surface area contributed by atoms with Gasteiger partial charge in [-0.2, -0.15) is 0 Å². The van der Waals surface area contributed by atoms with Crippen LogP contribution in [0.5, 0.6) is 0 Å². The number of rotatable bonds is 2. The second-order valence-corrected chi connectivity index (χ2v) is 9.07. The minimum absolute atomic E-state index is 0.0833. The molecule has 8 heteroatoms. The van der Waals surface area contributed by atoms with E-state index in [1.54, 1.807) is 11.3 Å². The van der Waals surface area contributed by atoms with Gasteiger partial charge in [-0.3, -0.25) is 9.36 Å². The van der Waals surface area contributed by atoms with Crippen molar-refractivity contribution in [2.24, 2.45) is 0 Å². The number of aromatic nitrogens is 2. The van der Waals surface area contributed by atoms with E-state index in [-0.39, 0.29) is 11.6 Å². The Kier molecular flexibility index (Phi) is 5.11. The number of aryl methyl sites for hydroxylation is 2. The van der Waals surface area contributed by atoms with Crippen molar-refractivity contribution in [2.45, 2.75) is 45.6 Å². The van der Waals surface area contributed by atoms with E-state index in [0.717, 1.165) is 60.3 Å². The Morgan fingerprint density at radius 3 is 2.56 bits per heavy atom. The smallest absolute Gasteiger partial charge is 0.264 e. The van der Waals surface area contributed by atoms with Crippen LogP contribution in [0.3, 0.4) is 0 Å². The zero-order valence-corrected chi connectivity index (χ0v) is 17.9. The molecule has 1 saturated heterocycles. The summed E-state index contributed by atoms with van der Waals surface area (Å²) in [6.45, 7) is 7.46. The number of hydrogen-bond acceptors (Lipinski definition) is 5. The van der Waals surface area contributed by atoms with E-state index in [9.17, 15) is 4.79 Å². The molecule has 0 saturated carbocycles. The highest BCUT2D eigenvalue weighted by atomic mass is 32.1. The lowest BCUT2D eigenvalue weighted by Crippen LogP contribution is -2.52. The zero-order chi connectivity index (χ0) is 19.1. The number of hydrogen-bond donors (Lipinski definition) is 1. The second kappa shape index (κ2) is 7.39. The average Bonchev–Trinajstić information content (AvgIpc) is 3.05. The Hall–Kier alpha value is -1.67. The van der Waals surface area contributed by atoms with Crippen LogP contribution in [0.15, 0.2) is 4.79 Å². The molecule has 0 atom stereocenters. The number of nitrogens with one attached hydrogen (secondary N) is 1. The van der Waals surface area contributed by atoms with Crippen LogP contribution in [-0.2, 0) is 12.8 Å². The minimum atomic E-state index is 0.0833. The van der Waals surface area contributed by atoms with Gasteiger partial charge in [0.2, 0.25) is 5.95 Å². The van der Waals surface area contributed by atoms with Crippen LogP contribution in [0.4, 0.5) is 5.95 Å². The van der Waals surface area contributed by atoms with Gasteiger partial charge in [-0.15, -0.1) is 11.3 Å². The predicted octanol–water partition coefficient (Wildman–Crippen LogP) is 2.54. The highest BCUT2D eigenvalue weighted by Crippen LogP contribution is 2.35. The van der Waals surface area contributed by atoms with Gasteiger partial charge < -0.3 is 15.1 Å². The molecule has 146 valence electrons. The first-order valence-electron chi connectivity index (χ1n) is 9.79. The van der Waals surface area contributed by atoms with Gasteiger partial charge in [0.15, 0.2) is 5.11 Å². The molecule has 2 aromatic heterocycles. The van der Waals surface area contributed by atoms with E-state index in [1.165, 1.54) is 23.3 Å². The summed E-state index contributed by atoms with van der Waals surface area (Å²) in [5.74, 6) is 0.816. The molecule has 3 heterocycles. The van der Waals surface area contributed by atoms with E-state index in [2.05, 4.69) is 29.0 Å². The molecular formula is C19H27N5OS2. The van der Waals surface area contributed by atoms with Crippen LogP contribution in [0.25, 0.3) is 10.2 Å². The Morgan fingerprint density at radius 1 is 1.19 bits per heavy atom. The maximum atomic E-state index is 13.4. The van der Waals surface area contributed by atoms with Crippen LogP contribution in [0.2, 0.25) is 0 Å². The molecule has 0 bridgehead atoms. The first-order chi connectivity index (χ1) is 13.0. The molecule has 1 aliphatic heterocycles. The average molecular weight is 406 g/mol. The Morgan fingerprint density at radius 2 is 1.89 bits per heavy atom. The third-order valence-corrected chi connectivity index (χ3v) is 7.23. The van der Waals surface area contributed by atoms with Crippen molar-refractivity contribution in [1.29, 1.82) is 0 Å². The van der Waals surface area contributed by atoms with E-state index < -0.39 is 0 Å². The molecule has 27 heavy (non-hydrogen) atoms. The molecule has 0 aromatic carbocycles. The lowest BCUT2D eigenvalue weighted by Gasteiger charge is -2.37. The van der Waals surface area contributed by atoms with Crippen LogP contribution in [-0.4, -0.2) is 52.8 Å². The van der Waals surface area contributed by atoms with Crippen LogP contribution >= 0.6 is 23.6 Å². The van der Waals surface area contributed by atoms with Gasteiger partial charge in [-0.1, -0.05) is 0 Å². The van der Waals surface area contributed by atoms with Gasteiger partial charge in [0.25, 0.3) is 5.56 Å². The topological polar surface area (TPSA) is 53.4 Å². The van der Waals surface area contributed by atoms with Crippen molar-refractivity contribution in [3.05, 3.63) is 20.8 Å². The molecule has 0 unspecified atom stereocenters. The van der Waals surface area contributed by atoms with Gasteiger partial charge in [-0.05, 0) is 57.3 Å². The summed E-state index contributed by atoms with van der Waals surface area (Å²) in [6.07, 6.45) is 4.50. The van der Waals surface area contributed by atoms with Crippen molar-refractivity contribution in [2.75, 3.05) is 38.1 Å². The summed E-state index contributed by atoms with van der Waals surface area (Å²) in [5.41, 5.74) is 1.40.